The maximum Gasteiger partial charge on any atom is 0.243 e. The smallest absolute Gasteiger partial charge is 0.243 e. The minimum Gasteiger partial charge on any atom is -0.356 e. The molecule has 30 heavy (non-hydrogen) atoms. The summed E-state index contributed by atoms with van der Waals surface area (Å²) in [7, 11) is -3.61. The number of hydrogen-bond donors (Lipinski definition) is 1. The van der Waals surface area contributed by atoms with Gasteiger partial charge in [0, 0.05) is 43.3 Å². The zero-order valence-electron chi connectivity index (χ0n) is 18.0. The van der Waals surface area contributed by atoms with Crippen LogP contribution in [0, 0.1) is 5.92 Å². The van der Waals surface area contributed by atoms with E-state index >= 15 is 0 Å². The fourth-order valence-corrected chi connectivity index (χ4v) is 6.32. The molecular formula is C22H33N3O3S2. The summed E-state index contributed by atoms with van der Waals surface area (Å²) in [5, 5.41) is 3.92. The van der Waals surface area contributed by atoms with E-state index in [1.165, 1.54) is 10.7 Å². The van der Waals surface area contributed by atoms with E-state index in [4.69, 9.17) is 0 Å². The number of benzene rings is 1. The summed E-state index contributed by atoms with van der Waals surface area (Å²) in [5.41, 5.74) is 1.03. The number of thioether (sulfide) groups is 1. The van der Waals surface area contributed by atoms with Crippen LogP contribution in [-0.4, -0.2) is 54.3 Å². The summed E-state index contributed by atoms with van der Waals surface area (Å²) >= 11 is 1.91. The molecule has 1 aliphatic heterocycles. The summed E-state index contributed by atoms with van der Waals surface area (Å²) < 4.78 is 30.0. The Labute approximate surface area is 184 Å². The van der Waals surface area contributed by atoms with Gasteiger partial charge in [-0.3, -0.25) is 4.79 Å². The van der Waals surface area contributed by atoms with Gasteiger partial charge in [-0.2, -0.15) is 16.1 Å². The molecule has 2 aromatic rings. The molecule has 3 rings (SSSR count). The number of aromatic nitrogens is 1. The van der Waals surface area contributed by atoms with Crippen molar-refractivity contribution in [3.63, 3.8) is 0 Å². The van der Waals surface area contributed by atoms with Gasteiger partial charge in [-0.1, -0.05) is 6.92 Å². The average molecular weight is 452 g/mol. The SMILES string of the molecule is CCCSCCCNC(=O)C1CCCN(S(=O)(=O)c2ccc3c(ccn3CC)c2)C1. The number of amides is 1. The first kappa shape index (κ1) is 23.2. The van der Waals surface area contributed by atoms with Crippen molar-refractivity contribution in [2.75, 3.05) is 31.1 Å². The van der Waals surface area contributed by atoms with Crippen molar-refractivity contribution in [2.24, 2.45) is 5.92 Å². The van der Waals surface area contributed by atoms with Gasteiger partial charge in [0.15, 0.2) is 0 Å². The molecule has 1 aromatic heterocycles. The fraction of sp³-hybridized carbons (Fsp3) is 0.591. The lowest BCUT2D eigenvalue weighted by Gasteiger charge is -2.31. The van der Waals surface area contributed by atoms with Crippen LogP contribution in [0.25, 0.3) is 10.9 Å². The van der Waals surface area contributed by atoms with Crippen LogP contribution in [0.1, 0.15) is 39.5 Å². The summed E-state index contributed by atoms with van der Waals surface area (Å²) in [4.78, 5) is 12.9. The molecule has 1 atom stereocenters. The van der Waals surface area contributed by atoms with E-state index in [2.05, 4.69) is 23.7 Å². The molecule has 1 N–H and O–H groups in total. The quantitative estimate of drug-likeness (QED) is 0.559. The van der Waals surface area contributed by atoms with E-state index in [-0.39, 0.29) is 18.4 Å². The molecule has 1 saturated heterocycles. The molecule has 1 aliphatic rings. The Hall–Kier alpha value is -1.51. The van der Waals surface area contributed by atoms with Crippen molar-refractivity contribution < 1.29 is 13.2 Å². The van der Waals surface area contributed by atoms with Crippen molar-refractivity contribution in [1.82, 2.24) is 14.2 Å². The molecule has 166 valence electrons. The first-order chi connectivity index (χ1) is 14.5. The van der Waals surface area contributed by atoms with Crippen LogP contribution >= 0.6 is 11.8 Å². The Morgan fingerprint density at radius 2 is 2.07 bits per heavy atom. The maximum atomic E-state index is 13.2. The molecule has 1 aromatic carbocycles. The Morgan fingerprint density at radius 1 is 1.23 bits per heavy atom. The van der Waals surface area contributed by atoms with Crippen LogP contribution in [-0.2, 0) is 21.4 Å². The number of carbonyl (C=O) groups excluding carboxylic acids is 1. The third kappa shape index (κ3) is 5.39. The second-order valence-electron chi connectivity index (χ2n) is 7.78. The summed E-state index contributed by atoms with van der Waals surface area (Å²) in [6.07, 6.45) is 5.53. The van der Waals surface area contributed by atoms with Crippen LogP contribution in [0.4, 0.5) is 0 Å². The van der Waals surface area contributed by atoms with Gasteiger partial charge in [0.05, 0.1) is 10.8 Å². The Balaban J connectivity index is 1.61. The number of aryl methyl sites for hydroxylation is 1. The van der Waals surface area contributed by atoms with Gasteiger partial charge in [-0.05, 0) is 68.4 Å². The van der Waals surface area contributed by atoms with E-state index in [1.807, 2.05) is 30.1 Å². The number of nitrogens with one attached hydrogen (secondary N) is 1. The van der Waals surface area contributed by atoms with Gasteiger partial charge in [0.25, 0.3) is 0 Å². The molecule has 0 radical (unpaired) electrons. The zero-order valence-corrected chi connectivity index (χ0v) is 19.6. The molecular weight excluding hydrogens is 418 g/mol. The lowest BCUT2D eigenvalue weighted by molar-refractivity contribution is -0.126. The second-order valence-corrected chi connectivity index (χ2v) is 10.9. The van der Waals surface area contributed by atoms with Crippen molar-refractivity contribution in [3.8, 4) is 0 Å². The highest BCUT2D eigenvalue weighted by Crippen LogP contribution is 2.27. The molecule has 6 nitrogen and oxygen atoms in total. The fourth-order valence-electron chi connectivity index (χ4n) is 3.91. The molecule has 0 aliphatic carbocycles. The number of piperidine rings is 1. The molecule has 2 heterocycles. The van der Waals surface area contributed by atoms with Gasteiger partial charge >= 0.3 is 0 Å². The largest absolute Gasteiger partial charge is 0.356 e. The van der Waals surface area contributed by atoms with E-state index in [9.17, 15) is 13.2 Å². The van der Waals surface area contributed by atoms with Gasteiger partial charge < -0.3 is 9.88 Å². The van der Waals surface area contributed by atoms with Gasteiger partial charge in [-0.15, -0.1) is 0 Å². The number of nitrogens with zero attached hydrogens (tertiary/aromatic N) is 2. The summed E-state index contributed by atoms with van der Waals surface area (Å²) in [5.74, 6) is 1.90. The van der Waals surface area contributed by atoms with Crippen molar-refractivity contribution >= 4 is 38.6 Å². The number of fused-ring (bicyclic) bond motifs is 1. The third-order valence-electron chi connectivity index (χ3n) is 5.59. The topological polar surface area (TPSA) is 71.4 Å². The second kappa shape index (κ2) is 10.7. The van der Waals surface area contributed by atoms with Crippen LogP contribution in [0.5, 0.6) is 0 Å². The predicted octanol–water partition coefficient (Wildman–Crippen LogP) is 3.71. The maximum absolute atomic E-state index is 13.2. The monoisotopic (exact) mass is 451 g/mol. The molecule has 1 unspecified atom stereocenters. The van der Waals surface area contributed by atoms with Crippen molar-refractivity contribution in [1.29, 1.82) is 0 Å². The highest BCUT2D eigenvalue weighted by molar-refractivity contribution is 7.99. The molecule has 8 heteroatoms. The van der Waals surface area contributed by atoms with Crippen LogP contribution in [0.2, 0.25) is 0 Å². The molecule has 0 spiro atoms. The Kier molecular flexibility index (Phi) is 8.25. The van der Waals surface area contributed by atoms with Crippen molar-refractivity contribution in [2.45, 2.75) is 51.0 Å². The van der Waals surface area contributed by atoms with Gasteiger partial charge in [-0.25, -0.2) is 8.42 Å². The van der Waals surface area contributed by atoms with Gasteiger partial charge in [0.1, 0.15) is 0 Å². The highest BCUT2D eigenvalue weighted by atomic mass is 32.2. The Morgan fingerprint density at radius 3 is 2.83 bits per heavy atom. The van der Waals surface area contributed by atoms with Crippen LogP contribution in [0.3, 0.4) is 0 Å². The molecule has 0 bridgehead atoms. The van der Waals surface area contributed by atoms with E-state index in [1.54, 1.807) is 12.1 Å². The van der Waals surface area contributed by atoms with Gasteiger partial charge in [0.2, 0.25) is 15.9 Å². The van der Waals surface area contributed by atoms with E-state index in [0.717, 1.165) is 41.8 Å². The lowest BCUT2D eigenvalue weighted by atomic mass is 9.99. The van der Waals surface area contributed by atoms with Crippen molar-refractivity contribution in [3.05, 3.63) is 30.5 Å². The number of rotatable bonds is 10. The molecule has 0 saturated carbocycles. The third-order valence-corrected chi connectivity index (χ3v) is 8.72. The highest BCUT2D eigenvalue weighted by Gasteiger charge is 2.33. The van der Waals surface area contributed by atoms with E-state index < -0.39 is 10.0 Å². The summed E-state index contributed by atoms with van der Waals surface area (Å²) in [6, 6.07) is 7.25. The number of sulfonamides is 1. The zero-order chi connectivity index (χ0) is 21.6. The van der Waals surface area contributed by atoms with Crippen LogP contribution < -0.4 is 5.32 Å². The first-order valence-corrected chi connectivity index (χ1v) is 13.5. The number of hydrogen-bond acceptors (Lipinski definition) is 4. The minimum atomic E-state index is -3.61. The lowest BCUT2D eigenvalue weighted by Crippen LogP contribution is -2.45. The normalized spacial score (nSPS) is 18.0. The van der Waals surface area contributed by atoms with Crippen LogP contribution in [0.15, 0.2) is 35.4 Å². The molecule has 1 fully saturated rings. The first-order valence-electron chi connectivity index (χ1n) is 10.9. The minimum absolute atomic E-state index is 0.0223. The number of carbonyl (C=O) groups is 1. The predicted molar refractivity (Wildman–Crippen MR) is 124 cm³/mol. The standard InChI is InChI=1S/C22H33N3O3S2/c1-3-14-29-15-6-11-23-22(26)19-7-5-12-25(17-19)30(27,28)20-8-9-21-18(16-20)10-13-24(21)4-2/h8-10,13,16,19H,3-7,11-12,14-15,17H2,1-2H3,(H,23,26). The molecule has 1 amide bonds. The van der Waals surface area contributed by atoms with E-state index in [0.29, 0.717) is 24.4 Å². The average Bonchev–Trinajstić information content (AvgIpc) is 3.18. The Bertz CT molecular complexity index is 956. The summed E-state index contributed by atoms with van der Waals surface area (Å²) in [6.45, 7) is 6.45.